The summed E-state index contributed by atoms with van der Waals surface area (Å²) in [7, 11) is 1.64. The molecule has 1 unspecified atom stereocenters. The van der Waals surface area contributed by atoms with Crippen LogP contribution in [0.15, 0.2) is 15.7 Å². The van der Waals surface area contributed by atoms with E-state index in [1.54, 1.807) is 9.47 Å². The van der Waals surface area contributed by atoms with Crippen LogP contribution in [-0.4, -0.2) is 0 Å². The van der Waals surface area contributed by atoms with Crippen LogP contribution in [0.1, 0.15) is 0 Å². The van der Waals surface area contributed by atoms with Gasteiger partial charge in [-0.2, -0.15) is 15.2 Å². The van der Waals surface area contributed by atoms with Crippen LogP contribution in [0, 0.1) is 5.53 Å². The fourth-order valence-electron chi connectivity index (χ4n) is 0.211. The first-order valence-electron chi connectivity index (χ1n) is 3.54. The van der Waals surface area contributed by atoms with Crippen LogP contribution >= 0.6 is 9.47 Å². The minimum absolute atomic E-state index is 1.64. The zero-order valence-electron chi connectivity index (χ0n) is 8.95. The van der Waals surface area contributed by atoms with Crippen molar-refractivity contribution in [3.8, 4) is 0 Å². The molecular weight excluding hydrogens is 343 g/mol. The summed E-state index contributed by atoms with van der Waals surface area (Å²) in [4.78, 5) is 3.66. The van der Waals surface area contributed by atoms with Gasteiger partial charge in [-0.1, -0.05) is 0 Å². The van der Waals surface area contributed by atoms with Crippen molar-refractivity contribution in [2.75, 3.05) is 0 Å². The lowest BCUT2D eigenvalue weighted by atomic mass is 12.6. The van der Waals surface area contributed by atoms with Crippen molar-refractivity contribution in [3.05, 3.63) is 0 Å². The van der Waals surface area contributed by atoms with Crippen LogP contribution in [0.5, 0.6) is 0 Å². The zero-order chi connectivity index (χ0) is 15.4. The molecule has 0 saturated heterocycles. The van der Waals surface area contributed by atoms with Gasteiger partial charge in [-0.15, -0.1) is 0 Å². The third-order valence-electron chi connectivity index (χ3n) is 0.545. The highest BCUT2D eigenvalue weighted by molar-refractivity contribution is 7.09. The van der Waals surface area contributed by atoms with E-state index >= 15 is 0 Å². The van der Waals surface area contributed by atoms with Gasteiger partial charge < -0.3 is 0 Å². The molecule has 0 aromatic rings. The zero-order valence-corrected chi connectivity index (χ0v) is 10.1. The highest BCUT2D eigenvalue weighted by Crippen LogP contribution is 1.94. The Morgan fingerprint density at radius 3 is 1.33 bits per heavy atom. The highest BCUT2D eigenvalue weighted by atomic mass is 31.0. The average Bonchev–Trinajstić information content (AvgIpc) is 2.50. The van der Waals surface area contributed by atoms with E-state index in [-0.39, 0.29) is 0 Å². The van der Waals surface area contributed by atoms with Crippen molar-refractivity contribution in [2.24, 2.45) is 15.7 Å². The molecule has 21 heavy (non-hydrogen) atoms. The van der Waals surface area contributed by atoms with Gasteiger partial charge in [0.25, 0.3) is 0 Å². The molecule has 0 saturated carbocycles. The second-order valence-corrected chi connectivity index (χ2v) is 1.59. The molecule has 1 atom stereocenters. The average molecular weight is 346 g/mol. The first-order chi connectivity index (χ1) is 10.4. The number of hydrogen-bond acceptors (Lipinski definition) is 18. The maximum Gasteiger partial charge on any atom is 0.0906 e. The van der Waals surface area contributed by atoms with Crippen molar-refractivity contribution < 1.29 is 80.2 Å². The van der Waals surface area contributed by atoms with Crippen LogP contribution in [-0.2, 0) is 80.2 Å². The van der Waals surface area contributed by atoms with E-state index in [1.807, 2.05) is 0 Å². The van der Waals surface area contributed by atoms with E-state index in [0.29, 0.717) is 0 Å². The molecular formula is H3N4O16P. The Bertz CT molecular complexity index is 234. The van der Waals surface area contributed by atoms with E-state index in [9.17, 15) is 0 Å². The summed E-state index contributed by atoms with van der Waals surface area (Å²) in [5.74, 6) is 0. The van der Waals surface area contributed by atoms with Gasteiger partial charge in [0.05, 0.1) is 5.28 Å². The molecule has 20 nitrogen and oxygen atoms in total. The van der Waals surface area contributed by atoms with Gasteiger partial charge in [0, 0.05) is 50.0 Å². The van der Waals surface area contributed by atoms with Crippen LogP contribution in [0.25, 0.3) is 0 Å². The summed E-state index contributed by atoms with van der Waals surface area (Å²) < 4.78 is 3.79. The van der Waals surface area contributed by atoms with Gasteiger partial charge in [-0.05, 0) is 40.5 Å². The molecule has 0 fully saturated rings. The van der Waals surface area contributed by atoms with Crippen molar-refractivity contribution >= 4 is 9.47 Å². The molecule has 0 radical (unpaired) electrons. The molecule has 124 valence electrons. The van der Waals surface area contributed by atoms with E-state index in [2.05, 4.69) is 95.9 Å². The SMILES string of the molecule is N=N/N=N/OOOOOOOOOOOOOOOOP. The van der Waals surface area contributed by atoms with Gasteiger partial charge in [-0.3, -0.25) is 0 Å². The second-order valence-electron chi connectivity index (χ2n) is 1.39. The largest absolute Gasteiger partial charge is 0.189 e. The van der Waals surface area contributed by atoms with Crippen LogP contribution < -0.4 is 0 Å². The second kappa shape index (κ2) is 18.8. The van der Waals surface area contributed by atoms with E-state index < -0.39 is 0 Å². The van der Waals surface area contributed by atoms with E-state index in [0.717, 1.165) is 0 Å². The van der Waals surface area contributed by atoms with Gasteiger partial charge in [0.15, 0.2) is 0 Å². The summed E-state index contributed by atoms with van der Waals surface area (Å²) in [5.41, 5.74) is 6.11. The molecule has 0 amide bonds. The standard InChI is InChI=1S/H3N4O16P/c1-2-3-4-5-6-7-8-9-10-11-12-13-14-15-16-17-18-19-20-21/h1H,21H2/b2-1?,4-3+. The predicted molar refractivity (Wildman–Crippen MR) is 37.1 cm³/mol. The van der Waals surface area contributed by atoms with Gasteiger partial charge in [0.2, 0.25) is 0 Å². The Labute approximate surface area is 112 Å². The lowest BCUT2D eigenvalue weighted by Crippen LogP contribution is -2.04. The number of rotatable bonds is 17. The first-order valence-corrected chi connectivity index (χ1v) is 4.01. The molecule has 0 aromatic heterocycles. The normalized spacial score (nSPS) is 11.1. The van der Waals surface area contributed by atoms with Crippen LogP contribution in [0.3, 0.4) is 0 Å². The van der Waals surface area contributed by atoms with Crippen LogP contribution in [0.4, 0.5) is 0 Å². The van der Waals surface area contributed by atoms with Crippen molar-refractivity contribution in [3.63, 3.8) is 0 Å². The molecule has 0 rings (SSSR count). The Morgan fingerprint density at radius 1 is 0.571 bits per heavy atom. The summed E-state index contributed by atoms with van der Waals surface area (Å²) >= 11 is 0. The molecule has 0 aromatic carbocycles. The summed E-state index contributed by atoms with van der Waals surface area (Å²) in [6.45, 7) is 0. The summed E-state index contributed by atoms with van der Waals surface area (Å²) in [6.07, 6.45) is 0. The van der Waals surface area contributed by atoms with Gasteiger partial charge in [0.1, 0.15) is 0 Å². The number of hydrogen-bond donors (Lipinski definition) is 1. The summed E-state index contributed by atoms with van der Waals surface area (Å²) in [5, 5.41) is 57.1. The third kappa shape index (κ3) is 18.8. The maximum absolute atomic E-state index is 6.11. The molecule has 1 N–H and O–H groups in total. The van der Waals surface area contributed by atoms with E-state index in [1.165, 1.54) is 0 Å². The lowest BCUT2D eigenvalue weighted by Gasteiger charge is -1.98. The van der Waals surface area contributed by atoms with Crippen molar-refractivity contribution in [2.45, 2.75) is 0 Å². The molecule has 0 aliphatic rings. The molecule has 0 heterocycles. The summed E-state index contributed by atoms with van der Waals surface area (Å²) in [6, 6.07) is 0. The lowest BCUT2D eigenvalue weighted by molar-refractivity contribution is -0.882. The molecule has 21 heteroatoms. The first kappa shape index (κ1) is 19.8. The van der Waals surface area contributed by atoms with Crippen LogP contribution in [0.2, 0.25) is 0 Å². The van der Waals surface area contributed by atoms with Crippen molar-refractivity contribution in [1.82, 2.24) is 0 Å². The Morgan fingerprint density at radius 2 is 0.952 bits per heavy atom. The number of nitrogens with zero attached hydrogens (tertiary/aromatic N) is 3. The molecule has 0 aliphatic heterocycles. The Hall–Kier alpha value is -1.17. The minimum atomic E-state index is 1.64. The quantitative estimate of drug-likeness (QED) is 0.121. The van der Waals surface area contributed by atoms with Crippen molar-refractivity contribution in [1.29, 1.82) is 5.53 Å². The van der Waals surface area contributed by atoms with Gasteiger partial charge in [-0.25, -0.2) is 0 Å². The Kier molecular flexibility index (Phi) is 17.8. The Balaban J connectivity index is 2.96. The highest BCUT2D eigenvalue weighted by Gasteiger charge is 1.99. The number of nitrogens with one attached hydrogen (secondary N) is 1. The fraction of sp³-hybridized carbons (Fsp3) is 0. The van der Waals surface area contributed by atoms with E-state index in [4.69, 9.17) is 5.53 Å². The minimum Gasteiger partial charge on any atom is -0.189 e. The monoisotopic (exact) mass is 346 g/mol. The molecule has 0 bridgehead atoms. The predicted octanol–water partition coefficient (Wildman–Crippen LogP) is 0.0803. The topological polar surface area (TPSA) is 209 Å². The third-order valence-corrected chi connectivity index (χ3v) is 0.624. The smallest absolute Gasteiger partial charge is 0.0906 e. The maximum atomic E-state index is 6.11. The molecule has 0 aliphatic carbocycles. The fourth-order valence-corrected chi connectivity index (χ4v) is 0.243. The molecule has 0 spiro atoms. The van der Waals surface area contributed by atoms with Gasteiger partial charge >= 0.3 is 0 Å².